The van der Waals surface area contributed by atoms with Crippen LogP contribution < -0.4 is 5.32 Å². The van der Waals surface area contributed by atoms with Gasteiger partial charge in [-0.1, -0.05) is 0 Å². The summed E-state index contributed by atoms with van der Waals surface area (Å²) >= 11 is 0. The van der Waals surface area contributed by atoms with Crippen molar-refractivity contribution in [3.05, 3.63) is 48.0 Å². The fraction of sp³-hybridized carbons (Fsp3) is 0.529. The Morgan fingerprint density at radius 1 is 1.41 bits per heavy atom. The SMILES string of the molecule is CCn1cc([C@@H]2OCC[C@H]2CN[C@H](C)c2ccncc2)cn1. The highest BCUT2D eigenvalue weighted by atomic mass is 16.5. The molecule has 0 bridgehead atoms. The Labute approximate surface area is 131 Å². The van der Waals surface area contributed by atoms with Gasteiger partial charge < -0.3 is 10.1 Å². The van der Waals surface area contributed by atoms with E-state index in [4.69, 9.17) is 4.74 Å². The van der Waals surface area contributed by atoms with Gasteiger partial charge in [0, 0.05) is 55.8 Å². The molecule has 1 N–H and O–H groups in total. The van der Waals surface area contributed by atoms with E-state index in [0.717, 1.165) is 26.1 Å². The Morgan fingerprint density at radius 3 is 2.95 bits per heavy atom. The maximum Gasteiger partial charge on any atom is 0.0896 e. The molecular weight excluding hydrogens is 276 g/mol. The standard InChI is InChI=1S/C17H24N4O/c1-3-21-12-16(11-20-21)17-15(6-9-22-17)10-19-13(2)14-4-7-18-8-5-14/h4-5,7-8,11-13,15,17,19H,3,6,9-10H2,1-2H3/t13-,15+,17-/m1/s1. The topological polar surface area (TPSA) is 52.0 Å². The Morgan fingerprint density at radius 2 is 2.23 bits per heavy atom. The minimum atomic E-state index is 0.164. The van der Waals surface area contributed by atoms with Crippen molar-refractivity contribution in [3.8, 4) is 0 Å². The minimum absolute atomic E-state index is 0.164. The summed E-state index contributed by atoms with van der Waals surface area (Å²) in [5.41, 5.74) is 2.46. The molecule has 118 valence electrons. The normalized spacial score (nSPS) is 22.8. The molecule has 2 aromatic heterocycles. The third-order valence-corrected chi connectivity index (χ3v) is 4.41. The van der Waals surface area contributed by atoms with E-state index >= 15 is 0 Å². The number of nitrogens with one attached hydrogen (secondary N) is 1. The molecule has 1 saturated heterocycles. The Kier molecular flexibility index (Phi) is 4.85. The van der Waals surface area contributed by atoms with Gasteiger partial charge in [0.05, 0.1) is 12.3 Å². The first-order valence-electron chi connectivity index (χ1n) is 8.05. The van der Waals surface area contributed by atoms with E-state index in [1.165, 1.54) is 11.1 Å². The van der Waals surface area contributed by atoms with Gasteiger partial charge in [0.2, 0.25) is 0 Å². The first kappa shape index (κ1) is 15.2. The van der Waals surface area contributed by atoms with Crippen LogP contribution in [0.5, 0.6) is 0 Å². The van der Waals surface area contributed by atoms with Crippen LogP contribution in [0.15, 0.2) is 36.9 Å². The highest BCUT2D eigenvalue weighted by Gasteiger charge is 2.30. The van der Waals surface area contributed by atoms with Crippen molar-refractivity contribution in [1.29, 1.82) is 0 Å². The zero-order valence-electron chi connectivity index (χ0n) is 13.3. The van der Waals surface area contributed by atoms with E-state index < -0.39 is 0 Å². The lowest BCUT2D eigenvalue weighted by atomic mass is 9.96. The van der Waals surface area contributed by atoms with Crippen molar-refractivity contribution in [3.63, 3.8) is 0 Å². The lowest BCUT2D eigenvalue weighted by Gasteiger charge is -2.21. The molecule has 0 saturated carbocycles. The third-order valence-electron chi connectivity index (χ3n) is 4.41. The molecule has 3 atom stereocenters. The zero-order valence-corrected chi connectivity index (χ0v) is 13.3. The first-order valence-corrected chi connectivity index (χ1v) is 8.05. The Hall–Kier alpha value is -1.72. The molecule has 0 spiro atoms. The van der Waals surface area contributed by atoms with Crippen LogP contribution >= 0.6 is 0 Å². The molecule has 0 aromatic carbocycles. The Bertz CT molecular complexity index is 583. The molecule has 22 heavy (non-hydrogen) atoms. The van der Waals surface area contributed by atoms with E-state index in [9.17, 15) is 0 Å². The molecule has 1 aliphatic rings. The second-order valence-electron chi connectivity index (χ2n) is 5.88. The summed E-state index contributed by atoms with van der Waals surface area (Å²) in [6.45, 7) is 6.97. The fourth-order valence-electron chi connectivity index (χ4n) is 3.01. The van der Waals surface area contributed by atoms with Gasteiger partial charge in [-0.05, 0) is 38.0 Å². The minimum Gasteiger partial charge on any atom is -0.373 e. The van der Waals surface area contributed by atoms with E-state index in [1.807, 2.05) is 23.3 Å². The van der Waals surface area contributed by atoms with E-state index in [0.29, 0.717) is 12.0 Å². The van der Waals surface area contributed by atoms with Crippen LogP contribution in [-0.2, 0) is 11.3 Å². The smallest absolute Gasteiger partial charge is 0.0896 e. The van der Waals surface area contributed by atoms with E-state index in [1.54, 1.807) is 0 Å². The molecular formula is C17H24N4O. The number of nitrogens with zero attached hydrogens (tertiary/aromatic N) is 3. The van der Waals surface area contributed by atoms with Crippen molar-refractivity contribution in [2.24, 2.45) is 5.92 Å². The van der Waals surface area contributed by atoms with Gasteiger partial charge >= 0.3 is 0 Å². The third kappa shape index (κ3) is 3.36. The molecule has 2 aromatic rings. The quantitative estimate of drug-likeness (QED) is 0.891. The highest BCUT2D eigenvalue weighted by Crippen LogP contribution is 2.34. The second-order valence-corrected chi connectivity index (χ2v) is 5.88. The molecule has 0 radical (unpaired) electrons. The summed E-state index contributed by atoms with van der Waals surface area (Å²) in [5.74, 6) is 0.499. The Balaban J connectivity index is 1.59. The van der Waals surface area contributed by atoms with Gasteiger partial charge in [0.1, 0.15) is 0 Å². The monoisotopic (exact) mass is 300 g/mol. The predicted octanol–water partition coefficient (Wildman–Crippen LogP) is 2.73. The summed E-state index contributed by atoms with van der Waals surface area (Å²) < 4.78 is 7.90. The molecule has 5 heteroatoms. The number of ether oxygens (including phenoxy) is 1. The van der Waals surface area contributed by atoms with Crippen LogP contribution in [0.1, 0.15) is 43.5 Å². The van der Waals surface area contributed by atoms with Crippen molar-refractivity contribution < 1.29 is 4.74 Å². The molecule has 0 aliphatic carbocycles. The number of rotatable bonds is 6. The summed E-state index contributed by atoms with van der Waals surface area (Å²) in [7, 11) is 0. The maximum atomic E-state index is 5.94. The molecule has 1 fully saturated rings. The summed E-state index contributed by atoms with van der Waals surface area (Å²) in [5, 5.41) is 7.99. The molecule has 3 heterocycles. The fourth-order valence-corrected chi connectivity index (χ4v) is 3.01. The predicted molar refractivity (Wildman–Crippen MR) is 85.4 cm³/mol. The van der Waals surface area contributed by atoms with Crippen LogP contribution in [-0.4, -0.2) is 27.9 Å². The van der Waals surface area contributed by atoms with Gasteiger partial charge in [0.15, 0.2) is 0 Å². The van der Waals surface area contributed by atoms with Crippen LogP contribution in [0.2, 0.25) is 0 Å². The van der Waals surface area contributed by atoms with Crippen LogP contribution in [0.4, 0.5) is 0 Å². The van der Waals surface area contributed by atoms with Gasteiger partial charge in [-0.25, -0.2) is 0 Å². The van der Waals surface area contributed by atoms with Crippen LogP contribution in [0, 0.1) is 5.92 Å². The number of hydrogen-bond donors (Lipinski definition) is 1. The van der Waals surface area contributed by atoms with Crippen molar-refractivity contribution >= 4 is 0 Å². The number of aromatic nitrogens is 3. The van der Waals surface area contributed by atoms with Gasteiger partial charge in [-0.2, -0.15) is 5.10 Å². The number of aryl methyl sites for hydroxylation is 1. The number of pyridine rings is 1. The summed E-state index contributed by atoms with van der Waals surface area (Å²) in [6.07, 6.45) is 8.99. The molecule has 5 nitrogen and oxygen atoms in total. The largest absolute Gasteiger partial charge is 0.373 e. The van der Waals surface area contributed by atoms with Crippen LogP contribution in [0.25, 0.3) is 0 Å². The molecule has 0 unspecified atom stereocenters. The van der Waals surface area contributed by atoms with Crippen LogP contribution in [0.3, 0.4) is 0 Å². The molecule has 1 aliphatic heterocycles. The van der Waals surface area contributed by atoms with Crippen molar-refractivity contribution in [2.75, 3.05) is 13.2 Å². The first-order chi connectivity index (χ1) is 10.8. The average molecular weight is 300 g/mol. The second kappa shape index (κ2) is 7.03. The van der Waals surface area contributed by atoms with Gasteiger partial charge in [-0.15, -0.1) is 0 Å². The average Bonchev–Trinajstić information content (AvgIpc) is 3.21. The molecule has 3 rings (SSSR count). The number of hydrogen-bond acceptors (Lipinski definition) is 4. The summed E-state index contributed by atoms with van der Waals surface area (Å²) in [6, 6.07) is 4.44. The van der Waals surface area contributed by atoms with Crippen molar-refractivity contribution in [2.45, 2.75) is 39.0 Å². The highest BCUT2D eigenvalue weighted by molar-refractivity contribution is 5.15. The molecule has 0 amide bonds. The lowest BCUT2D eigenvalue weighted by molar-refractivity contribution is 0.0898. The van der Waals surface area contributed by atoms with E-state index in [2.05, 4.69) is 47.6 Å². The van der Waals surface area contributed by atoms with Gasteiger partial charge in [0.25, 0.3) is 0 Å². The lowest BCUT2D eigenvalue weighted by Crippen LogP contribution is -2.27. The maximum absolute atomic E-state index is 5.94. The van der Waals surface area contributed by atoms with E-state index in [-0.39, 0.29) is 6.10 Å². The van der Waals surface area contributed by atoms with Crippen molar-refractivity contribution in [1.82, 2.24) is 20.1 Å². The van der Waals surface area contributed by atoms with Gasteiger partial charge in [-0.3, -0.25) is 9.67 Å². The summed E-state index contributed by atoms with van der Waals surface area (Å²) in [4.78, 5) is 4.07. The zero-order chi connectivity index (χ0) is 15.4.